The van der Waals surface area contributed by atoms with Crippen LogP contribution in [0.3, 0.4) is 0 Å². The van der Waals surface area contributed by atoms with E-state index in [1.54, 1.807) is 0 Å². The second-order valence-corrected chi connectivity index (χ2v) is 3.03. The summed E-state index contributed by atoms with van der Waals surface area (Å²) < 4.78 is 5.21. The largest absolute Gasteiger partial charge is 0.454 e. The maximum absolute atomic E-state index is 10.8. The summed E-state index contributed by atoms with van der Waals surface area (Å²) in [5.41, 5.74) is -0.272. The van der Waals surface area contributed by atoms with Crippen LogP contribution in [0.15, 0.2) is 24.3 Å². The van der Waals surface area contributed by atoms with Crippen LogP contribution in [0.4, 0.5) is 0 Å². The molecule has 1 spiro atoms. The van der Waals surface area contributed by atoms with Gasteiger partial charge in [0.25, 0.3) is 0 Å². The lowest BCUT2D eigenvalue weighted by Gasteiger charge is -2.23. The summed E-state index contributed by atoms with van der Waals surface area (Å²) in [4.78, 5) is 10.8. The topological polar surface area (TPSA) is 26.3 Å². The summed E-state index contributed by atoms with van der Waals surface area (Å²) in [6, 6.07) is 0. The molecule has 2 aliphatic rings. The molecule has 1 saturated heterocycles. The highest BCUT2D eigenvalue weighted by atomic mass is 16.6. The molecule has 2 heteroatoms. The van der Waals surface area contributed by atoms with Crippen molar-refractivity contribution in [3.05, 3.63) is 24.3 Å². The van der Waals surface area contributed by atoms with Gasteiger partial charge in [-0.25, -0.2) is 0 Å². The Bertz CT molecular complexity index is 240. The molecule has 2 rings (SSSR count). The van der Waals surface area contributed by atoms with Crippen molar-refractivity contribution >= 4 is 5.97 Å². The predicted molar refractivity (Wildman–Crippen MR) is 41.0 cm³/mol. The summed E-state index contributed by atoms with van der Waals surface area (Å²) in [5.74, 6) is -0.0649. The minimum Gasteiger partial charge on any atom is -0.454 e. The lowest BCUT2D eigenvalue weighted by atomic mass is 9.92. The summed E-state index contributed by atoms with van der Waals surface area (Å²) in [6.45, 7) is 0. The fourth-order valence-electron chi connectivity index (χ4n) is 1.55. The molecule has 1 heterocycles. The molecule has 1 atom stereocenters. The zero-order valence-corrected chi connectivity index (χ0v) is 6.25. The third-order valence-corrected chi connectivity index (χ3v) is 2.18. The Morgan fingerprint density at radius 1 is 1.45 bits per heavy atom. The number of carbonyl (C=O) groups excluding carboxylic acids is 1. The molecular weight excluding hydrogens is 140 g/mol. The minimum absolute atomic E-state index is 0.0649. The van der Waals surface area contributed by atoms with E-state index in [2.05, 4.69) is 0 Å². The third-order valence-electron chi connectivity index (χ3n) is 2.18. The van der Waals surface area contributed by atoms with E-state index in [4.69, 9.17) is 4.74 Å². The van der Waals surface area contributed by atoms with Gasteiger partial charge in [0.2, 0.25) is 0 Å². The third kappa shape index (κ3) is 1.09. The molecule has 1 fully saturated rings. The van der Waals surface area contributed by atoms with Crippen molar-refractivity contribution in [1.29, 1.82) is 0 Å². The van der Waals surface area contributed by atoms with Crippen molar-refractivity contribution < 1.29 is 9.53 Å². The van der Waals surface area contributed by atoms with Crippen molar-refractivity contribution in [1.82, 2.24) is 0 Å². The smallest absolute Gasteiger partial charge is 0.306 e. The number of hydrogen-bond acceptors (Lipinski definition) is 2. The molecule has 0 saturated carbocycles. The Morgan fingerprint density at radius 2 is 2.36 bits per heavy atom. The molecule has 0 aromatic carbocycles. The molecule has 0 aromatic rings. The maximum Gasteiger partial charge on any atom is 0.306 e. The number of esters is 1. The van der Waals surface area contributed by atoms with E-state index >= 15 is 0 Å². The van der Waals surface area contributed by atoms with Gasteiger partial charge in [0, 0.05) is 19.3 Å². The summed E-state index contributed by atoms with van der Waals surface area (Å²) in [6.07, 6.45) is 10.2. The summed E-state index contributed by atoms with van der Waals surface area (Å²) in [7, 11) is 0. The van der Waals surface area contributed by atoms with Crippen LogP contribution in [-0.2, 0) is 9.53 Å². The zero-order valence-electron chi connectivity index (χ0n) is 6.25. The van der Waals surface area contributed by atoms with Gasteiger partial charge < -0.3 is 4.74 Å². The Kier molecular flexibility index (Phi) is 1.34. The van der Waals surface area contributed by atoms with E-state index in [9.17, 15) is 4.79 Å². The van der Waals surface area contributed by atoms with Gasteiger partial charge in [-0.05, 0) is 6.08 Å². The molecule has 1 aliphatic carbocycles. The lowest BCUT2D eigenvalue weighted by Crippen LogP contribution is -2.25. The highest BCUT2D eigenvalue weighted by molar-refractivity contribution is 5.72. The maximum atomic E-state index is 10.8. The highest BCUT2D eigenvalue weighted by Crippen LogP contribution is 2.33. The van der Waals surface area contributed by atoms with Crippen molar-refractivity contribution in [2.24, 2.45) is 0 Å². The van der Waals surface area contributed by atoms with Gasteiger partial charge in [0.1, 0.15) is 5.60 Å². The first-order valence-electron chi connectivity index (χ1n) is 3.87. The van der Waals surface area contributed by atoms with Gasteiger partial charge in [0.05, 0.1) is 0 Å². The van der Waals surface area contributed by atoms with Gasteiger partial charge in [-0.2, -0.15) is 0 Å². The number of hydrogen-bond donors (Lipinski definition) is 0. The van der Waals surface area contributed by atoms with Crippen LogP contribution in [-0.4, -0.2) is 11.6 Å². The van der Waals surface area contributed by atoms with Gasteiger partial charge in [-0.3, -0.25) is 4.79 Å². The van der Waals surface area contributed by atoms with Crippen molar-refractivity contribution in [2.45, 2.75) is 24.9 Å². The molecule has 1 unspecified atom stereocenters. The average Bonchev–Trinajstić information content (AvgIpc) is 2.34. The van der Waals surface area contributed by atoms with E-state index in [0.717, 1.165) is 12.8 Å². The molecule has 2 nitrogen and oxygen atoms in total. The zero-order chi connectivity index (χ0) is 7.73. The van der Waals surface area contributed by atoms with E-state index in [0.29, 0.717) is 6.42 Å². The predicted octanol–water partition coefficient (Wildman–Crippen LogP) is 1.58. The standard InChI is InChI=1S/C9H10O2/c10-8-4-7-9(11-8)5-2-1-3-6-9/h1-3,5H,4,6-7H2. The molecule has 1 aliphatic heterocycles. The number of carbonyl (C=O) groups is 1. The van der Waals surface area contributed by atoms with Crippen LogP contribution < -0.4 is 0 Å². The van der Waals surface area contributed by atoms with Crippen LogP contribution in [0.5, 0.6) is 0 Å². The van der Waals surface area contributed by atoms with Crippen LogP contribution in [0.25, 0.3) is 0 Å². The molecule has 0 radical (unpaired) electrons. The number of ether oxygens (including phenoxy) is 1. The van der Waals surface area contributed by atoms with Crippen molar-refractivity contribution in [3.8, 4) is 0 Å². The van der Waals surface area contributed by atoms with Gasteiger partial charge in [-0.1, -0.05) is 18.2 Å². The van der Waals surface area contributed by atoms with Crippen molar-refractivity contribution in [2.75, 3.05) is 0 Å². The quantitative estimate of drug-likeness (QED) is 0.490. The Labute approximate surface area is 65.5 Å². The fraction of sp³-hybridized carbons (Fsp3) is 0.444. The molecule has 0 N–H and O–H groups in total. The number of allylic oxidation sites excluding steroid dienone is 2. The normalized spacial score (nSPS) is 34.7. The van der Waals surface area contributed by atoms with E-state index in [1.807, 2.05) is 24.3 Å². The molecule has 58 valence electrons. The SMILES string of the molecule is O=C1CCC2(C=CC=CC2)O1. The van der Waals surface area contributed by atoms with Crippen LogP contribution in [0, 0.1) is 0 Å². The molecule has 0 bridgehead atoms. The van der Waals surface area contributed by atoms with E-state index in [1.165, 1.54) is 0 Å². The van der Waals surface area contributed by atoms with Crippen LogP contribution >= 0.6 is 0 Å². The van der Waals surface area contributed by atoms with E-state index in [-0.39, 0.29) is 11.6 Å². The van der Waals surface area contributed by atoms with Gasteiger partial charge >= 0.3 is 5.97 Å². The monoisotopic (exact) mass is 150 g/mol. The Morgan fingerprint density at radius 3 is 2.91 bits per heavy atom. The second kappa shape index (κ2) is 2.22. The second-order valence-electron chi connectivity index (χ2n) is 3.03. The lowest BCUT2D eigenvalue weighted by molar-refractivity contribution is -0.145. The summed E-state index contributed by atoms with van der Waals surface area (Å²) in [5, 5.41) is 0. The molecular formula is C9H10O2. The number of rotatable bonds is 0. The first-order chi connectivity index (χ1) is 5.31. The minimum atomic E-state index is -0.272. The van der Waals surface area contributed by atoms with E-state index < -0.39 is 0 Å². The first-order valence-corrected chi connectivity index (χ1v) is 3.87. The van der Waals surface area contributed by atoms with Gasteiger partial charge in [-0.15, -0.1) is 0 Å². The molecule has 0 amide bonds. The van der Waals surface area contributed by atoms with Crippen LogP contribution in [0.2, 0.25) is 0 Å². The summed E-state index contributed by atoms with van der Waals surface area (Å²) >= 11 is 0. The Hall–Kier alpha value is -1.05. The molecule has 11 heavy (non-hydrogen) atoms. The first kappa shape index (κ1) is 6.65. The van der Waals surface area contributed by atoms with Crippen molar-refractivity contribution in [3.63, 3.8) is 0 Å². The highest BCUT2D eigenvalue weighted by Gasteiger charge is 2.37. The average molecular weight is 150 g/mol. The Balaban J connectivity index is 2.18. The molecule has 0 aromatic heterocycles. The van der Waals surface area contributed by atoms with Crippen LogP contribution in [0.1, 0.15) is 19.3 Å². The fourth-order valence-corrected chi connectivity index (χ4v) is 1.55. The van der Waals surface area contributed by atoms with Gasteiger partial charge in [0.15, 0.2) is 0 Å².